The van der Waals surface area contributed by atoms with Crippen LogP contribution in [-0.2, 0) is 4.74 Å². The molecular formula is C9H16O2. The molecule has 2 nitrogen and oxygen atoms in total. The van der Waals surface area contributed by atoms with E-state index in [1.54, 1.807) is 0 Å². The molecule has 2 aliphatic rings. The van der Waals surface area contributed by atoms with Gasteiger partial charge in [-0.15, -0.1) is 0 Å². The van der Waals surface area contributed by atoms with Crippen molar-refractivity contribution >= 4 is 0 Å². The number of hydrogen-bond donors (Lipinski definition) is 1. The van der Waals surface area contributed by atoms with Gasteiger partial charge in [0.15, 0.2) is 0 Å². The molecule has 0 radical (unpaired) electrons. The van der Waals surface area contributed by atoms with Gasteiger partial charge in [-0.05, 0) is 24.7 Å². The van der Waals surface area contributed by atoms with Crippen molar-refractivity contribution in [2.45, 2.75) is 44.8 Å². The van der Waals surface area contributed by atoms with Crippen LogP contribution in [0.25, 0.3) is 0 Å². The van der Waals surface area contributed by atoms with E-state index in [9.17, 15) is 0 Å². The highest BCUT2D eigenvalue weighted by molar-refractivity contribution is 5.03. The van der Waals surface area contributed by atoms with Crippen LogP contribution in [0.3, 0.4) is 0 Å². The lowest BCUT2D eigenvalue weighted by molar-refractivity contribution is 0.0812. The molecule has 64 valence electrons. The summed E-state index contributed by atoms with van der Waals surface area (Å²) in [7, 11) is 0. The maximum atomic E-state index is 8.83. The van der Waals surface area contributed by atoms with Crippen molar-refractivity contribution in [3.05, 3.63) is 0 Å². The Hall–Kier alpha value is -0.0800. The lowest BCUT2D eigenvalue weighted by atomic mass is 9.64. The van der Waals surface area contributed by atoms with Gasteiger partial charge in [0.25, 0.3) is 0 Å². The molecule has 0 amide bonds. The molecule has 0 aromatic carbocycles. The summed E-state index contributed by atoms with van der Waals surface area (Å²) in [5.74, 6) is 0. The average molecular weight is 156 g/mol. The molecule has 2 fully saturated rings. The number of hydrogen-bond acceptors (Lipinski definition) is 2. The van der Waals surface area contributed by atoms with Crippen molar-refractivity contribution in [2.24, 2.45) is 5.41 Å². The van der Waals surface area contributed by atoms with Gasteiger partial charge in [-0.2, -0.15) is 0 Å². The van der Waals surface area contributed by atoms with E-state index in [0.29, 0.717) is 11.5 Å². The quantitative estimate of drug-likeness (QED) is 0.625. The zero-order valence-electron chi connectivity index (χ0n) is 7.05. The molecule has 1 saturated carbocycles. The van der Waals surface area contributed by atoms with E-state index in [1.807, 2.05) is 0 Å². The van der Waals surface area contributed by atoms with E-state index in [2.05, 4.69) is 6.92 Å². The summed E-state index contributed by atoms with van der Waals surface area (Å²) >= 11 is 0. The highest BCUT2D eigenvalue weighted by atomic mass is 16.6. The van der Waals surface area contributed by atoms with E-state index in [0.717, 1.165) is 0 Å². The van der Waals surface area contributed by atoms with Gasteiger partial charge in [0.2, 0.25) is 0 Å². The summed E-state index contributed by atoms with van der Waals surface area (Å²) in [6.45, 7) is 2.45. The average Bonchev–Trinajstić information content (AvgIpc) is 2.67. The number of aliphatic hydroxyl groups is 1. The van der Waals surface area contributed by atoms with Crippen LogP contribution in [0, 0.1) is 5.41 Å². The maximum absolute atomic E-state index is 8.83. The van der Waals surface area contributed by atoms with Crippen molar-refractivity contribution in [1.82, 2.24) is 0 Å². The normalized spacial score (nSPS) is 39.8. The summed E-state index contributed by atoms with van der Waals surface area (Å²) in [5.41, 5.74) is 0.466. The Balaban J connectivity index is 1.93. The summed E-state index contributed by atoms with van der Waals surface area (Å²) < 4.78 is 5.41. The molecule has 11 heavy (non-hydrogen) atoms. The van der Waals surface area contributed by atoms with Crippen LogP contribution < -0.4 is 0 Å². The molecule has 2 heteroatoms. The summed E-state index contributed by atoms with van der Waals surface area (Å²) in [4.78, 5) is 0. The van der Waals surface area contributed by atoms with Gasteiger partial charge in [0, 0.05) is 0 Å². The second-order valence-corrected chi connectivity index (χ2v) is 3.85. The molecule has 0 aromatic heterocycles. The molecule has 0 bridgehead atoms. The first kappa shape index (κ1) is 7.56. The Kier molecular flexibility index (Phi) is 1.69. The van der Waals surface area contributed by atoms with Crippen molar-refractivity contribution in [3.63, 3.8) is 0 Å². The molecule has 2 atom stereocenters. The smallest absolute Gasteiger partial charge is 0.108 e. The Labute approximate surface area is 67.6 Å². The van der Waals surface area contributed by atoms with Crippen molar-refractivity contribution in [2.75, 3.05) is 6.61 Å². The first-order valence-electron chi connectivity index (χ1n) is 4.59. The highest BCUT2D eigenvalue weighted by Gasteiger charge is 2.55. The van der Waals surface area contributed by atoms with Gasteiger partial charge in [-0.3, -0.25) is 0 Å². The van der Waals surface area contributed by atoms with Crippen LogP contribution in [0.15, 0.2) is 0 Å². The van der Waals surface area contributed by atoms with E-state index in [1.165, 1.54) is 25.7 Å². The van der Waals surface area contributed by atoms with Crippen LogP contribution in [0.5, 0.6) is 0 Å². The summed E-state index contributed by atoms with van der Waals surface area (Å²) in [6.07, 6.45) is 5.76. The molecule has 2 rings (SSSR count). The van der Waals surface area contributed by atoms with Crippen LogP contribution >= 0.6 is 0 Å². The first-order valence-corrected chi connectivity index (χ1v) is 4.59. The van der Waals surface area contributed by atoms with Gasteiger partial charge in [-0.25, -0.2) is 0 Å². The zero-order chi connectivity index (χ0) is 7.90. The van der Waals surface area contributed by atoms with Gasteiger partial charge >= 0.3 is 0 Å². The van der Waals surface area contributed by atoms with E-state index in [-0.39, 0.29) is 12.7 Å². The Morgan fingerprint density at radius 3 is 2.55 bits per heavy atom. The standard InChI is InChI=1S/C9H16O2/c1-2-9(4-3-5-9)8-7(6-10)11-8/h7-8,10H,2-6H2,1H3/t7-,8-/m0/s1. The predicted octanol–water partition coefficient (Wildman–Crippen LogP) is 1.33. The lowest BCUT2D eigenvalue weighted by Gasteiger charge is -2.40. The monoisotopic (exact) mass is 156 g/mol. The minimum Gasteiger partial charge on any atom is -0.394 e. The predicted molar refractivity (Wildman–Crippen MR) is 42.3 cm³/mol. The van der Waals surface area contributed by atoms with Crippen molar-refractivity contribution < 1.29 is 9.84 Å². The fraction of sp³-hybridized carbons (Fsp3) is 1.00. The lowest BCUT2D eigenvalue weighted by Crippen LogP contribution is -2.35. The minimum atomic E-state index is 0.176. The Bertz CT molecular complexity index is 146. The summed E-state index contributed by atoms with van der Waals surface area (Å²) in [6, 6.07) is 0. The Morgan fingerprint density at radius 1 is 1.55 bits per heavy atom. The van der Waals surface area contributed by atoms with Crippen LogP contribution in [0.4, 0.5) is 0 Å². The third-order valence-corrected chi connectivity index (χ3v) is 3.42. The van der Waals surface area contributed by atoms with E-state index < -0.39 is 0 Å². The first-order chi connectivity index (χ1) is 5.32. The van der Waals surface area contributed by atoms with Gasteiger partial charge in [-0.1, -0.05) is 13.3 Å². The number of rotatable bonds is 3. The molecule has 0 aromatic rings. The van der Waals surface area contributed by atoms with Crippen LogP contribution in [-0.4, -0.2) is 23.9 Å². The largest absolute Gasteiger partial charge is 0.394 e. The summed E-state index contributed by atoms with van der Waals surface area (Å²) in [5, 5.41) is 8.83. The highest BCUT2D eigenvalue weighted by Crippen LogP contribution is 2.54. The van der Waals surface area contributed by atoms with Crippen molar-refractivity contribution in [3.8, 4) is 0 Å². The molecule has 1 N–H and O–H groups in total. The second kappa shape index (κ2) is 2.46. The van der Waals surface area contributed by atoms with Crippen molar-refractivity contribution in [1.29, 1.82) is 0 Å². The third kappa shape index (κ3) is 1.00. The van der Waals surface area contributed by atoms with Gasteiger partial charge in [0.05, 0.1) is 12.7 Å². The third-order valence-electron chi connectivity index (χ3n) is 3.42. The maximum Gasteiger partial charge on any atom is 0.108 e. The molecule has 1 aliphatic heterocycles. The fourth-order valence-corrected chi connectivity index (χ4v) is 2.29. The molecular weight excluding hydrogens is 140 g/mol. The van der Waals surface area contributed by atoms with Crippen LogP contribution in [0.1, 0.15) is 32.6 Å². The molecule has 1 saturated heterocycles. The number of aliphatic hydroxyl groups excluding tert-OH is 1. The van der Waals surface area contributed by atoms with E-state index >= 15 is 0 Å². The minimum absolute atomic E-state index is 0.176. The number of ether oxygens (including phenoxy) is 1. The SMILES string of the molecule is CCC1([C@H]2O[C@H]2CO)CCC1. The molecule has 1 aliphatic carbocycles. The van der Waals surface area contributed by atoms with Gasteiger partial charge < -0.3 is 9.84 Å². The number of epoxide rings is 1. The zero-order valence-corrected chi connectivity index (χ0v) is 7.05. The van der Waals surface area contributed by atoms with E-state index in [4.69, 9.17) is 9.84 Å². The topological polar surface area (TPSA) is 32.8 Å². The van der Waals surface area contributed by atoms with Gasteiger partial charge in [0.1, 0.15) is 6.10 Å². The Morgan fingerprint density at radius 2 is 2.27 bits per heavy atom. The second-order valence-electron chi connectivity index (χ2n) is 3.85. The van der Waals surface area contributed by atoms with Crippen LogP contribution in [0.2, 0.25) is 0 Å². The fourth-order valence-electron chi connectivity index (χ4n) is 2.29. The molecule has 0 unspecified atom stereocenters. The molecule has 1 heterocycles. The molecule has 0 spiro atoms.